The van der Waals surface area contributed by atoms with Gasteiger partial charge in [0.2, 0.25) is 0 Å². The predicted molar refractivity (Wildman–Crippen MR) is 80.0 cm³/mol. The summed E-state index contributed by atoms with van der Waals surface area (Å²) >= 11 is 0. The van der Waals surface area contributed by atoms with Crippen LogP contribution >= 0.6 is 0 Å². The number of guanidine groups is 1. The first kappa shape index (κ1) is 14.8. The summed E-state index contributed by atoms with van der Waals surface area (Å²) < 4.78 is 12.8. The lowest BCUT2D eigenvalue weighted by Gasteiger charge is -2.23. The third-order valence-electron chi connectivity index (χ3n) is 3.77. The number of likely N-dealkylation sites (tertiary alicyclic amines) is 1. The topological polar surface area (TPSA) is 53.6 Å². The molecular formula is C15H23FN4. The fraction of sp³-hybridized carbons (Fsp3) is 0.533. The maximum Gasteiger partial charge on any atom is 0.188 e. The standard InChI is InChI=1S/C15H23FN4/c1-2-20-9-3-4-14(20)11-19-15(17)18-10-12-5-7-13(16)8-6-12/h5-8,14H,2-4,9-11H2,1H3,(H3,17,18,19). The van der Waals surface area contributed by atoms with E-state index in [0.717, 1.165) is 18.7 Å². The summed E-state index contributed by atoms with van der Waals surface area (Å²) in [4.78, 5) is 6.74. The van der Waals surface area contributed by atoms with Crippen LogP contribution in [0.1, 0.15) is 25.3 Å². The Labute approximate surface area is 119 Å². The summed E-state index contributed by atoms with van der Waals surface area (Å²) in [5.74, 6) is 0.224. The molecule has 1 aliphatic heterocycles. The number of aliphatic imine (C=N–C) groups is 1. The highest BCUT2D eigenvalue weighted by Crippen LogP contribution is 2.15. The van der Waals surface area contributed by atoms with Crippen LogP contribution in [0.5, 0.6) is 0 Å². The molecule has 1 atom stereocenters. The molecule has 1 heterocycles. The highest BCUT2D eigenvalue weighted by molar-refractivity contribution is 5.77. The van der Waals surface area contributed by atoms with Crippen molar-refractivity contribution in [2.45, 2.75) is 32.4 Å². The van der Waals surface area contributed by atoms with Crippen LogP contribution in [0.2, 0.25) is 0 Å². The second-order valence-electron chi connectivity index (χ2n) is 5.13. The maximum atomic E-state index is 12.8. The van der Waals surface area contributed by atoms with Gasteiger partial charge in [-0.25, -0.2) is 9.38 Å². The molecule has 0 radical (unpaired) electrons. The molecule has 0 amide bonds. The highest BCUT2D eigenvalue weighted by Gasteiger charge is 2.22. The Morgan fingerprint density at radius 1 is 1.45 bits per heavy atom. The van der Waals surface area contributed by atoms with Gasteiger partial charge in [0.1, 0.15) is 5.82 Å². The van der Waals surface area contributed by atoms with Gasteiger partial charge in [-0.15, -0.1) is 0 Å². The molecule has 2 rings (SSSR count). The van der Waals surface area contributed by atoms with Crippen molar-refractivity contribution in [3.63, 3.8) is 0 Å². The van der Waals surface area contributed by atoms with Gasteiger partial charge in [-0.2, -0.15) is 0 Å². The lowest BCUT2D eigenvalue weighted by atomic mass is 10.2. The van der Waals surface area contributed by atoms with Crippen molar-refractivity contribution in [3.05, 3.63) is 35.6 Å². The molecule has 3 N–H and O–H groups in total. The SMILES string of the molecule is CCN1CCCC1CNC(N)=NCc1ccc(F)cc1. The molecule has 0 bridgehead atoms. The summed E-state index contributed by atoms with van der Waals surface area (Å²) in [5.41, 5.74) is 6.81. The van der Waals surface area contributed by atoms with Crippen molar-refractivity contribution in [3.8, 4) is 0 Å². The van der Waals surface area contributed by atoms with Gasteiger partial charge in [-0.3, -0.25) is 4.90 Å². The average molecular weight is 278 g/mol. The number of halogens is 1. The van der Waals surface area contributed by atoms with Crippen LogP contribution in [-0.2, 0) is 6.54 Å². The molecule has 4 nitrogen and oxygen atoms in total. The molecule has 20 heavy (non-hydrogen) atoms. The summed E-state index contributed by atoms with van der Waals surface area (Å²) in [6.45, 7) is 5.76. The molecule has 1 unspecified atom stereocenters. The summed E-state index contributed by atoms with van der Waals surface area (Å²) in [7, 11) is 0. The number of rotatable bonds is 5. The summed E-state index contributed by atoms with van der Waals surface area (Å²) in [6, 6.07) is 6.88. The molecule has 0 aromatic heterocycles. The Kier molecular flexibility index (Phi) is 5.35. The molecule has 1 aromatic rings. The number of nitrogens with two attached hydrogens (primary N) is 1. The number of benzene rings is 1. The average Bonchev–Trinajstić information content (AvgIpc) is 2.92. The van der Waals surface area contributed by atoms with Crippen LogP contribution in [0.3, 0.4) is 0 Å². The smallest absolute Gasteiger partial charge is 0.188 e. The summed E-state index contributed by atoms with van der Waals surface area (Å²) in [6.07, 6.45) is 2.47. The minimum absolute atomic E-state index is 0.232. The quantitative estimate of drug-likeness (QED) is 0.637. The third-order valence-corrected chi connectivity index (χ3v) is 3.77. The molecule has 0 saturated carbocycles. The Bertz CT molecular complexity index is 444. The van der Waals surface area contributed by atoms with Crippen LogP contribution in [-0.4, -0.2) is 36.5 Å². The number of hydrogen-bond donors (Lipinski definition) is 2. The summed E-state index contributed by atoms with van der Waals surface area (Å²) in [5, 5.41) is 3.18. The van der Waals surface area contributed by atoms with Crippen LogP contribution in [0.15, 0.2) is 29.3 Å². The van der Waals surface area contributed by atoms with Gasteiger partial charge in [-0.05, 0) is 43.6 Å². The molecule has 1 aromatic carbocycles. The van der Waals surface area contributed by atoms with E-state index in [-0.39, 0.29) is 5.82 Å². The second-order valence-corrected chi connectivity index (χ2v) is 5.13. The van der Waals surface area contributed by atoms with Gasteiger partial charge in [0.05, 0.1) is 6.54 Å². The predicted octanol–water partition coefficient (Wildman–Crippen LogP) is 1.71. The van der Waals surface area contributed by atoms with E-state index in [1.54, 1.807) is 12.1 Å². The maximum absolute atomic E-state index is 12.8. The van der Waals surface area contributed by atoms with E-state index in [1.165, 1.54) is 31.5 Å². The van der Waals surface area contributed by atoms with Crippen molar-refractivity contribution in [2.24, 2.45) is 10.7 Å². The van der Waals surface area contributed by atoms with Crippen LogP contribution < -0.4 is 11.1 Å². The van der Waals surface area contributed by atoms with E-state index in [4.69, 9.17) is 5.73 Å². The first-order chi connectivity index (χ1) is 9.69. The minimum atomic E-state index is -0.232. The van der Waals surface area contributed by atoms with Crippen molar-refractivity contribution in [2.75, 3.05) is 19.6 Å². The van der Waals surface area contributed by atoms with Crippen LogP contribution in [0.4, 0.5) is 4.39 Å². The van der Waals surface area contributed by atoms with Crippen LogP contribution in [0.25, 0.3) is 0 Å². The van der Waals surface area contributed by atoms with Crippen molar-refractivity contribution in [1.29, 1.82) is 0 Å². The van der Waals surface area contributed by atoms with Crippen molar-refractivity contribution < 1.29 is 4.39 Å². The largest absolute Gasteiger partial charge is 0.370 e. The Hall–Kier alpha value is -1.62. The van der Waals surface area contributed by atoms with Crippen molar-refractivity contribution >= 4 is 5.96 Å². The zero-order valence-corrected chi connectivity index (χ0v) is 12.0. The van der Waals surface area contributed by atoms with Gasteiger partial charge in [-0.1, -0.05) is 19.1 Å². The molecule has 1 saturated heterocycles. The number of nitrogens with one attached hydrogen (secondary N) is 1. The molecule has 1 fully saturated rings. The van der Waals surface area contributed by atoms with Gasteiger partial charge in [0.15, 0.2) is 5.96 Å². The first-order valence-electron chi connectivity index (χ1n) is 7.21. The second kappa shape index (κ2) is 7.24. The van der Waals surface area contributed by atoms with Gasteiger partial charge in [0.25, 0.3) is 0 Å². The molecule has 0 aliphatic carbocycles. The number of nitrogens with zero attached hydrogens (tertiary/aromatic N) is 2. The van der Waals surface area contributed by atoms with E-state index in [0.29, 0.717) is 18.5 Å². The third kappa shape index (κ3) is 4.20. The number of hydrogen-bond acceptors (Lipinski definition) is 2. The Morgan fingerprint density at radius 2 is 2.20 bits per heavy atom. The fourth-order valence-electron chi connectivity index (χ4n) is 2.59. The minimum Gasteiger partial charge on any atom is -0.370 e. The van der Waals surface area contributed by atoms with Crippen molar-refractivity contribution in [1.82, 2.24) is 10.2 Å². The monoisotopic (exact) mass is 278 g/mol. The van der Waals surface area contributed by atoms with Crippen LogP contribution in [0, 0.1) is 5.82 Å². The highest BCUT2D eigenvalue weighted by atomic mass is 19.1. The zero-order valence-electron chi connectivity index (χ0n) is 12.0. The molecule has 5 heteroatoms. The fourth-order valence-corrected chi connectivity index (χ4v) is 2.59. The number of likely N-dealkylation sites (N-methyl/N-ethyl adjacent to an activating group) is 1. The van der Waals surface area contributed by atoms with E-state index < -0.39 is 0 Å². The molecular weight excluding hydrogens is 255 g/mol. The van der Waals surface area contributed by atoms with Gasteiger partial charge < -0.3 is 11.1 Å². The van der Waals surface area contributed by atoms with Gasteiger partial charge >= 0.3 is 0 Å². The first-order valence-corrected chi connectivity index (χ1v) is 7.21. The van der Waals surface area contributed by atoms with E-state index in [2.05, 4.69) is 22.1 Å². The molecule has 110 valence electrons. The normalized spacial score (nSPS) is 20.3. The molecule has 1 aliphatic rings. The lowest BCUT2D eigenvalue weighted by molar-refractivity contribution is 0.267. The lowest BCUT2D eigenvalue weighted by Crippen LogP contribution is -2.42. The Morgan fingerprint density at radius 3 is 2.90 bits per heavy atom. The Balaban J connectivity index is 1.77. The van der Waals surface area contributed by atoms with E-state index >= 15 is 0 Å². The zero-order chi connectivity index (χ0) is 14.4. The van der Waals surface area contributed by atoms with E-state index in [9.17, 15) is 4.39 Å². The molecule has 0 spiro atoms. The van der Waals surface area contributed by atoms with E-state index in [1.807, 2.05) is 0 Å². The van der Waals surface area contributed by atoms with Gasteiger partial charge in [0, 0.05) is 12.6 Å².